The maximum Gasteiger partial charge on any atom is 0.573 e. The van der Waals surface area contributed by atoms with Crippen LogP contribution in [-0.2, 0) is 22.7 Å². The second kappa shape index (κ2) is 11.5. The Bertz CT molecular complexity index is 1290. The summed E-state index contributed by atoms with van der Waals surface area (Å²) in [5, 5.41) is 3.01. The van der Waals surface area contributed by atoms with Crippen LogP contribution in [0.2, 0.25) is 0 Å². The van der Waals surface area contributed by atoms with Crippen LogP contribution < -0.4 is 14.8 Å². The quantitative estimate of drug-likeness (QED) is 0.378. The fraction of sp³-hybridized carbons (Fsp3) is 0.222. The highest BCUT2D eigenvalue weighted by molar-refractivity contribution is 7.80. The van der Waals surface area contributed by atoms with Gasteiger partial charge in [-0.1, -0.05) is 42.5 Å². The number of amides is 2. The Balaban J connectivity index is 1.53. The van der Waals surface area contributed by atoms with Gasteiger partial charge in [0.25, 0.3) is 5.91 Å². The van der Waals surface area contributed by atoms with E-state index < -0.39 is 18.3 Å². The van der Waals surface area contributed by atoms with Crippen LogP contribution in [0.5, 0.6) is 11.5 Å². The van der Waals surface area contributed by atoms with Gasteiger partial charge in [0.05, 0.1) is 20.1 Å². The molecule has 0 unspecified atom stereocenters. The summed E-state index contributed by atoms with van der Waals surface area (Å²) in [6, 6.07) is 20.5. The third kappa shape index (κ3) is 6.80. The van der Waals surface area contributed by atoms with Crippen molar-refractivity contribution in [2.45, 2.75) is 31.9 Å². The molecule has 0 bridgehead atoms. The van der Waals surface area contributed by atoms with Crippen LogP contribution in [0.25, 0.3) is 0 Å². The number of hydrogen-bond acceptors (Lipinski definition) is 5. The van der Waals surface area contributed by atoms with Crippen molar-refractivity contribution in [3.8, 4) is 11.5 Å². The Labute approximate surface area is 222 Å². The van der Waals surface area contributed by atoms with Crippen LogP contribution in [0.15, 0.2) is 78.9 Å². The number of halogens is 3. The molecule has 1 aliphatic heterocycles. The first-order valence-corrected chi connectivity index (χ1v) is 12.0. The molecule has 11 heteroatoms. The van der Waals surface area contributed by atoms with Crippen molar-refractivity contribution in [1.82, 2.24) is 9.80 Å². The molecular weight excluding hydrogens is 519 g/mol. The molecule has 1 atom stereocenters. The van der Waals surface area contributed by atoms with Crippen molar-refractivity contribution in [1.29, 1.82) is 0 Å². The summed E-state index contributed by atoms with van der Waals surface area (Å²) in [5.41, 5.74) is 1.99. The number of thiocarbonyl (C=S) groups is 1. The average Bonchev–Trinajstić information content (AvgIpc) is 3.09. The van der Waals surface area contributed by atoms with Crippen molar-refractivity contribution in [3.63, 3.8) is 0 Å². The molecule has 1 fully saturated rings. The molecule has 4 rings (SSSR count). The normalized spacial score (nSPS) is 15.5. The largest absolute Gasteiger partial charge is 0.573 e. The first-order chi connectivity index (χ1) is 18.1. The van der Waals surface area contributed by atoms with Gasteiger partial charge in [0.1, 0.15) is 17.5 Å². The predicted octanol–water partition coefficient (Wildman–Crippen LogP) is 5.12. The second-order valence-corrected chi connectivity index (χ2v) is 8.87. The summed E-state index contributed by atoms with van der Waals surface area (Å²) in [5.74, 6) is -0.450. The van der Waals surface area contributed by atoms with Crippen molar-refractivity contribution in [2.75, 3.05) is 12.4 Å². The van der Waals surface area contributed by atoms with E-state index in [2.05, 4.69) is 10.1 Å². The molecule has 3 aromatic rings. The van der Waals surface area contributed by atoms with Crippen LogP contribution >= 0.6 is 12.2 Å². The van der Waals surface area contributed by atoms with Gasteiger partial charge < -0.3 is 19.7 Å². The number of alkyl halides is 3. The van der Waals surface area contributed by atoms with Gasteiger partial charge in [0.15, 0.2) is 5.11 Å². The van der Waals surface area contributed by atoms with E-state index in [1.165, 1.54) is 36.3 Å². The smallest absolute Gasteiger partial charge is 0.497 e. The molecule has 0 radical (unpaired) electrons. The van der Waals surface area contributed by atoms with Gasteiger partial charge >= 0.3 is 6.36 Å². The van der Waals surface area contributed by atoms with Crippen molar-refractivity contribution in [2.24, 2.45) is 0 Å². The van der Waals surface area contributed by atoms with Gasteiger partial charge in [-0.3, -0.25) is 14.5 Å². The number of nitrogens with one attached hydrogen (secondary N) is 1. The van der Waals surface area contributed by atoms with Crippen molar-refractivity contribution in [3.05, 3.63) is 90.0 Å². The van der Waals surface area contributed by atoms with Crippen molar-refractivity contribution < 1.29 is 32.2 Å². The van der Waals surface area contributed by atoms with Crippen LogP contribution in [0.3, 0.4) is 0 Å². The number of anilines is 1. The fourth-order valence-electron chi connectivity index (χ4n) is 4.04. The van der Waals surface area contributed by atoms with Gasteiger partial charge in [-0.05, 0) is 59.7 Å². The Hall–Kier alpha value is -4.12. The lowest BCUT2D eigenvalue weighted by atomic mass is 10.1. The van der Waals surface area contributed by atoms with E-state index in [9.17, 15) is 22.8 Å². The minimum Gasteiger partial charge on any atom is -0.497 e. The highest BCUT2D eigenvalue weighted by atomic mass is 32.1. The summed E-state index contributed by atoms with van der Waals surface area (Å²) < 4.78 is 46.6. The highest BCUT2D eigenvalue weighted by Crippen LogP contribution is 2.28. The number of rotatable bonds is 9. The molecule has 38 heavy (non-hydrogen) atoms. The van der Waals surface area contributed by atoms with Gasteiger partial charge in [0, 0.05) is 12.2 Å². The third-order valence-corrected chi connectivity index (χ3v) is 6.30. The zero-order chi connectivity index (χ0) is 27.3. The first-order valence-electron chi connectivity index (χ1n) is 11.6. The monoisotopic (exact) mass is 543 g/mol. The lowest BCUT2D eigenvalue weighted by molar-refractivity contribution is -0.274. The predicted molar refractivity (Wildman–Crippen MR) is 138 cm³/mol. The second-order valence-electron chi connectivity index (χ2n) is 8.51. The van der Waals surface area contributed by atoms with Gasteiger partial charge in [0.2, 0.25) is 5.91 Å². The Morgan fingerprint density at radius 2 is 1.53 bits per heavy atom. The Kier molecular flexibility index (Phi) is 8.16. The molecule has 3 aromatic carbocycles. The number of methoxy groups -OCH3 is 1. The van der Waals surface area contributed by atoms with E-state index in [0.29, 0.717) is 17.0 Å². The number of carbonyl (C=O) groups is 2. The molecule has 7 nitrogen and oxygen atoms in total. The standard InChI is InChI=1S/C27H24F3N3O4S/c1-36-21-13-9-20(10-14-21)31-24(34)15-23-25(35)33(17-18-5-3-2-4-6-18)26(38)32(23)16-19-7-11-22(12-8-19)37-27(28,29)30/h2-14,23H,15-17H2,1H3,(H,31,34)/t23-/m0/s1. The van der Waals surface area contributed by atoms with Crippen LogP contribution in [0.1, 0.15) is 17.5 Å². The molecule has 0 saturated carbocycles. The molecule has 198 valence electrons. The zero-order valence-electron chi connectivity index (χ0n) is 20.3. The van der Waals surface area contributed by atoms with Gasteiger partial charge in [-0.2, -0.15) is 0 Å². The molecular formula is C27H24F3N3O4S. The molecule has 0 aromatic heterocycles. The Morgan fingerprint density at radius 1 is 0.921 bits per heavy atom. The topological polar surface area (TPSA) is 71.1 Å². The van der Waals surface area contributed by atoms with Gasteiger partial charge in [-0.25, -0.2) is 0 Å². The molecule has 0 aliphatic carbocycles. The molecule has 1 N–H and O–H groups in total. The molecule has 1 aliphatic rings. The summed E-state index contributed by atoms with van der Waals surface area (Å²) in [4.78, 5) is 29.4. The van der Waals surface area contributed by atoms with E-state index in [1.807, 2.05) is 30.3 Å². The maximum atomic E-state index is 13.5. The molecule has 2 amide bonds. The SMILES string of the molecule is COc1ccc(NC(=O)C[C@H]2C(=O)N(Cc3ccccc3)C(=S)N2Cc2ccc(OC(F)(F)F)cc2)cc1. The molecule has 1 saturated heterocycles. The van der Waals surface area contributed by atoms with E-state index in [4.69, 9.17) is 17.0 Å². The van der Waals surface area contributed by atoms with Crippen LogP contribution in [-0.4, -0.2) is 46.2 Å². The Morgan fingerprint density at radius 3 is 2.13 bits per heavy atom. The van der Waals surface area contributed by atoms with Crippen molar-refractivity contribution >= 4 is 34.8 Å². The first kappa shape index (κ1) is 26.9. The van der Waals surface area contributed by atoms with E-state index in [1.54, 1.807) is 29.2 Å². The van der Waals surface area contributed by atoms with E-state index in [0.717, 1.165) is 5.56 Å². The number of benzene rings is 3. The van der Waals surface area contributed by atoms with E-state index >= 15 is 0 Å². The molecule has 1 heterocycles. The number of carbonyl (C=O) groups excluding carboxylic acids is 2. The minimum atomic E-state index is -4.80. The summed E-state index contributed by atoms with van der Waals surface area (Å²) in [6.07, 6.45) is -4.98. The van der Waals surface area contributed by atoms with Crippen LogP contribution in [0.4, 0.5) is 18.9 Å². The fourth-order valence-corrected chi connectivity index (χ4v) is 4.38. The number of nitrogens with zero attached hydrogens (tertiary/aromatic N) is 2. The lowest BCUT2D eigenvalue weighted by Crippen LogP contribution is -2.37. The zero-order valence-corrected chi connectivity index (χ0v) is 21.1. The van der Waals surface area contributed by atoms with Gasteiger partial charge in [-0.15, -0.1) is 13.2 Å². The van der Waals surface area contributed by atoms with Crippen LogP contribution in [0, 0.1) is 0 Å². The third-order valence-electron chi connectivity index (χ3n) is 5.85. The summed E-state index contributed by atoms with van der Waals surface area (Å²) in [7, 11) is 1.54. The number of ether oxygens (including phenoxy) is 2. The maximum absolute atomic E-state index is 13.5. The minimum absolute atomic E-state index is 0.114. The highest BCUT2D eigenvalue weighted by Gasteiger charge is 2.43. The lowest BCUT2D eigenvalue weighted by Gasteiger charge is -2.24. The van der Waals surface area contributed by atoms with E-state index in [-0.39, 0.29) is 36.3 Å². The molecule has 0 spiro atoms. The number of hydrogen-bond donors (Lipinski definition) is 1. The summed E-state index contributed by atoms with van der Waals surface area (Å²) >= 11 is 5.63. The average molecular weight is 544 g/mol. The summed E-state index contributed by atoms with van der Waals surface area (Å²) in [6.45, 7) is 0.340.